The molecule has 2 rings (SSSR count). The fourth-order valence-electron chi connectivity index (χ4n) is 2.43. The second kappa shape index (κ2) is 5.86. The lowest BCUT2D eigenvalue weighted by Gasteiger charge is -2.36. The highest BCUT2D eigenvalue weighted by atomic mass is 35.5. The molecule has 6 heteroatoms. The van der Waals surface area contributed by atoms with Crippen molar-refractivity contribution in [2.75, 3.05) is 19.6 Å². The third-order valence-electron chi connectivity index (χ3n) is 3.27. The van der Waals surface area contributed by atoms with Gasteiger partial charge in [-0.15, -0.1) is 0 Å². The number of nitrogens with one attached hydrogen (secondary N) is 1. The summed E-state index contributed by atoms with van der Waals surface area (Å²) in [6.45, 7) is 3.73. The van der Waals surface area contributed by atoms with Crippen molar-refractivity contribution in [3.05, 3.63) is 34.6 Å². The number of halogens is 2. The lowest BCUT2D eigenvalue weighted by atomic mass is 10.0. The molecule has 0 bridgehead atoms. The molecule has 0 spiro atoms. The van der Waals surface area contributed by atoms with Gasteiger partial charge < -0.3 is 10.4 Å². The summed E-state index contributed by atoms with van der Waals surface area (Å²) in [5, 5.41) is 12.8. The number of piperazine rings is 1. The summed E-state index contributed by atoms with van der Waals surface area (Å²) in [7, 11) is 0. The van der Waals surface area contributed by atoms with Crippen LogP contribution in [-0.2, 0) is 4.79 Å². The first-order chi connectivity index (χ1) is 9.00. The van der Waals surface area contributed by atoms with Crippen LogP contribution in [-0.4, -0.2) is 41.7 Å². The third-order valence-corrected chi connectivity index (χ3v) is 3.60. The molecule has 0 saturated carbocycles. The van der Waals surface area contributed by atoms with Crippen LogP contribution in [0, 0.1) is 5.82 Å². The predicted octanol–water partition coefficient (Wildman–Crippen LogP) is 1.90. The molecule has 2 atom stereocenters. The van der Waals surface area contributed by atoms with Gasteiger partial charge in [0, 0.05) is 36.3 Å². The number of nitrogens with zero attached hydrogens (tertiary/aromatic N) is 1. The molecule has 19 heavy (non-hydrogen) atoms. The Balaban J connectivity index is 2.37. The Bertz CT molecular complexity index is 463. The molecule has 4 nitrogen and oxygen atoms in total. The Morgan fingerprint density at radius 3 is 2.95 bits per heavy atom. The number of carboxylic acids is 1. The summed E-state index contributed by atoms with van der Waals surface area (Å²) in [6.07, 6.45) is 0. The summed E-state index contributed by atoms with van der Waals surface area (Å²) < 4.78 is 13.9. The average molecular weight is 287 g/mol. The van der Waals surface area contributed by atoms with Gasteiger partial charge in [0.15, 0.2) is 0 Å². The van der Waals surface area contributed by atoms with Gasteiger partial charge in [-0.1, -0.05) is 17.7 Å². The minimum atomic E-state index is -1.08. The average Bonchev–Trinajstić information content (AvgIpc) is 2.33. The van der Waals surface area contributed by atoms with E-state index >= 15 is 0 Å². The van der Waals surface area contributed by atoms with Crippen LogP contribution < -0.4 is 5.32 Å². The van der Waals surface area contributed by atoms with Crippen molar-refractivity contribution < 1.29 is 14.3 Å². The van der Waals surface area contributed by atoms with Crippen LogP contribution in [0.15, 0.2) is 18.2 Å². The van der Waals surface area contributed by atoms with Gasteiger partial charge in [-0.2, -0.15) is 0 Å². The number of carbonyl (C=O) groups is 1. The molecule has 0 aliphatic carbocycles. The molecule has 1 aliphatic rings. The van der Waals surface area contributed by atoms with E-state index in [1.54, 1.807) is 4.90 Å². The molecule has 0 amide bonds. The van der Waals surface area contributed by atoms with Crippen molar-refractivity contribution in [2.45, 2.75) is 19.0 Å². The number of hydrogen-bond acceptors (Lipinski definition) is 3. The van der Waals surface area contributed by atoms with Gasteiger partial charge in [0.1, 0.15) is 11.9 Å². The fraction of sp³-hybridized carbons (Fsp3) is 0.462. The van der Waals surface area contributed by atoms with Crippen LogP contribution in [0.1, 0.15) is 18.5 Å². The van der Waals surface area contributed by atoms with Gasteiger partial charge in [-0.25, -0.2) is 4.39 Å². The molecule has 1 fully saturated rings. The first-order valence-electron chi connectivity index (χ1n) is 6.15. The van der Waals surface area contributed by atoms with Crippen LogP contribution in [0.25, 0.3) is 0 Å². The smallest absolute Gasteiger partial charge is 0.325 e. The monoisotopic (exact) mass is 286 g/mol. The summed E-state index contributed by atoms with van der Waals surface area (Å²) in [6, 6.07) is 3.35. The fourth-order valence-corrected chi connectivity index (χ4v) is 2.70. The van der Waals surface area contributed by atoms with E-state index in [1.807, 2.05) is 6.92 Å². The number of rotatable bonds is 3. The molecule has 0 aromatic heterocycles. The van der Waals surface area contributed by atoms with E-state index in [9.17, 15) is 14.3 Å². The number of aliphatic carboxylic acids is 1. The van der Waals surface area contributed by atoms with Crippen molar-refractivity contribution in [3.8, 4) is 0 Å². The standard InChI is InChI=1S/C13H16ClFN2O2/c1-8-7-17(6-5-16-8)12(13(18)19)11-9(14)3-2-4-10(11)15/h2-4,8,12,16H,5-7H2,1H3,(H,18,19). The van der Waals surface area contributed by atoms with E-state index in [-0.39, 0.29) is 16.6 Å². The largest absolute Gasteiger partial charge is 0.480 e. The highest BCUT2D eigenvalue weighted by Crippen LogP contribution is 2.30. The Morgan fingerprint density at radius 1 is 1.63 bits per heavy atom. The molecule has 1 saturated heterocycles. The van der Waals surface area contributed by atoms with Crippen LogP contribution in [0.2, 0.25) is 5.02 Å². The highest BCUT2D eigenvalue weighted by molar-refractivity contribution is 6.31. The SMILES string of the molecule is CC1CN(C(C(=O)O)c2c(F)cccc2Cl)CCN1. The van der Waals surface area contributed by atoms with Gasteiger partial charge in [-0.05, 0) is 19.1 Å². The molecule has 1 aromatic carbocycles. The molecule has 0 radical (unpaired) electrons. The van der Waals surface area contributed by atoms with Crippen molar-refractivity contribution in [1.29, 1.82) is 0 Å². The van der Waals surface area contributed by atoms with E-state index in [0.29, 0.717) is 19.6 Å². The quantitative estimate of drug-likeness (QED) is 0.891. The minimum Gasteiger partial charge on any atom is -0.480 e. The van der Waals surface area contributed by atoms with Crippen LogP contribution in [0.4, 0.5) is 4.39 Å². The predicted molar refractivity (Wildman–Crippen MR) is 70.8 cm³/mol. The number of hydrogen-bond donors (Lipinski definition) is 2. The minimum absolute atomic E-state index is 0.0470. The molecule has 1 aliphatic heterocycles. The molecular weight excluding hydrogens is 271 g/mol. The molecule has 104 valence electrons. The van der Waals surface area contributed by atoms with Crippen molar-refractivity contribution in [1.82, 2.24) is 10.2 Å². The zero-order valence-corrected chi connectivity index (χ0v) is 11.3. The maximum absolute atomic E-state index is 13.9. The Kier molecular flexibility index (Phi) is 4.39. The molecular formula is C13H16ClFN2O2. The molecule has 2 unspecified atom stereocenters. The number of benzene rings is 1. The highest BCUT2D eigenvalue weighted by Gasteiger charge is 2.33. The first-order valence-corrected chi connectivity index (χ1v) is 6.52. The van der Waals surface area contributed by atoms with Crippen molar-refractivity contribution in [3.63, 3.8) is 0 Å². The van der Waals surface area contributed by atoms with E-state index in [2.05, 4.69) is 5.32 Å². The van der Waals surface area contributed by atoms with Crippen LogP contribution in [0.3, 0.4) is 0 Å². The Morgan fingerprint density at radius 2 is 2.37 bits per heavy atom. The summed E-state index contributed by atoms with van der Waals surface area (Å²) >= 11 is 5.98. The maximum Gasteiger partial charge on any atom is 0.325 e. The maximum atomic E-state index is 13.9. The lowest BCUT2D eigenvalue weighted by molar-refractivity contribution is -0.144. The Labute approximate surface area is 116 Å². The van der Waals surface area contributed by atoms with Crippen LogP contribution >= 0.6 is 11.6 Å². The van der Waals surface area contributed by atoms with E-state index in [0.717, 1.165) is 0 Å². The Hall–Kier alpha value is -1.17. The van der Waals surface area contributed by atoms with E-state index in [4.69, 9.17) is 11.6 Å². The first kappa shape index (κ1) is 14.2. The second-order valence-corrected chi connectivity index (χ2v) is 5.13. The summed E-state index contributed by atoms with van der Waals surface area (Å²) in [4.78, 5) is 13.3. The van der Waals surface area contributed by atoms with Gasteiger partial charge in [0.25, 0.3) is 0 Å². The zero-order valence-electron chi connectivity index (χ0n) is 10.6. The van der Waals surface area contributed by atoms with Crippen LogP contribution in [0.5, 0.6) is 0 Å². The summed E-state index contributed by atoms with van der Waals surface area (Å²) in [5.74, 6) is -1.66. The van der Waals surface area contributed by atoms with Crippen molar-refractivity contribution in [2.24, 2.45) is 0 Å². The van der Waals surface area contributed by atoms with Crippen molar-refractivity contribution >= 4 is 17.6 Å². The van der Waals surface area contributed by atoms with Gasteiger partial charge in [-0.3, -0.25) is 9.69 Å². The topological polar surface area (TPSA) is 52.6 Å². The van der Waals surface area contributed by atoms with Gasteiger partial charge in [0.2, 0.25) is 0 Å². The molecule has 1 heterocycles. The lowest BCUT2D eigenvalue weighted by Crippen LogP contribution is -2.51. The summed E-state index contributed by atoms with van der Waals surface area (Å²) in [5.41, 5.74) is 0.0470. The van der Waals surface area contributed by atoms with E-state index < -0.39 is 17.8 Å². The third kappa shape index (κ3) is 3.05. The zero-order chi connectivity index (χ0) is 14.0. The molecule has 2 N–H and O–H groups in total. The normalized spacial score (nSPS) is 22.2. The van der Waals surface area contributed by atoms with Gasteiger partial charge in [0.05, 0.1) is 0 Å². The number of carboxylic acid groups (broad SMARTS) is 1. The second-order valence-electron chi connectivity index (χ2n) is 4.73. The van der Waals surface area contributed by atoms with Gasteiger partial charge >= 0.3 is 5.97 Å². The molecule has 1 aromatic rings. The van der Waals surface area contributed by atoms with E-state index in [1.165, 1.54) is 18.2 Å².